The number of ketones is 1. The molecule has 18 atom stereocenters. The van der Waals surface area contributed by atoms with Gasteiger partial charge in [-0.2, -0.15) is 0 Å². The van der Waals surface area contributed by atoms with Crippen LogP contribution in [0.5, 0.6) is 0 Å². The maximum absolute atomic E-state index is 14.2. The Morgan fingerprint density at radius 1 is 0.983 bits per heavy atom. The average Bonchev–Trinajstić information content (AvgIpc) is 3.59. The quantitative estimate of drug-likeness (QED) is 0.163. The Morgan fingerprint density at radius 2 is 1.64 bits per heavy atom. The Kier molecular flexibility index (Phi) is 16.2. The monoisotopic (exact) mass is 824 g/mol. The molecule has 3 aliphatic rings. The molecule has 3 saturated heterocycles. The summed E-state index contributed by atoms with van der Waals surface area (Å²) in [5.74, 6) is -5.17. The van der Waals surface area contributed by atoms with E-state index >= 15 is 0 Å². The summed E-state index contributed by atoms with van der Waals surface area (Å²) in [5.41, 5.74) is -4.27. The van der Waals surface area contributed by atoms with Crippen LogP contribution in [0.4, 0.5) is 0 Å². The minimum Gasteiger partial charge on any atom is -0.459 e. The summed E-state index contributed by atoms with van der Waals surface area (Å²) in [6.07, 6.45) is -8.23. The molecule has 0 saturated carbocycles. The van der Waals surface area contributed by atoms with Crippen molar-refractivity contribution in [3.63, 3.8) is 0 Å². The van der Waals surface area contributed by atoms with Crippen LogP contribution in [0.3, 0.4) is 0 Å². The summed E-state index contributed by atoms with van der Waals surface area (Å²) in [6.45, 7) is 16.8. The second-order valence-electron chi connectivity index (χ2n) is 17.9. The summed E-state index contributed by atoms with van der Waals surface area (Å²) in [5, 5.41) is 66.3. The van der Waals surface area contributed by atoms with Crippen molar-refractivity contribution in [3.05, 3.63) is 11.9 Å². The SMILES string of the molecule is [B]n1cc(CCN(C)[C@H]2CC(C)O[C@H](O[C@@H]3[C@@H](C)[C@H](O[C@H]4C[C@@](C)(OC)[C@@H](O)[C@@H](C)O4)[C@@H](C)C(=O)O[C@H](CC)[C@@](C)(O)C(O)[C@H](C)C(=O)[C@H](C)C[C@@]3(C)O)[C@@H]2O)nn1. The first kappa shape index (κ1) is 48.6. The molecule has 5 N–H and O–H groups in total. The van der Waals surface area contributed by atoms with Crippen molar-refractivity contribution in [2.75, 3.05) is 20.7 Å². The molecular weight excluding hydrogens is 755 g/mol. The molecule has 17 nitrogen and oxygen atoms in total. The number of carbonyl (C=O) groups is 2. The first-order valence-electron chi connectivity index (χ1n) is 20.6. The molecule has 18 heteroatoms. The van der Waals surface area contributed by atoms with Crippen LogP contribution in [0.15, 0.2) is 6.20 Å². The standard InChI is InChI=1S/C40H69BN4O13/c1-13-28-40(10,52)33(48)22(4)30(46)20(2)17-38(8,51)35(58-37-31(47)27(16-21(3)54-37)44(11)15-14-26-19-45(41)43-42-26)23(5)32(24(6)36(50)56-28)57-29-18-39(9,53-12)34(49)25(7)55-29/h19-25,27-29,31-35,37,47-49,51-52H,13-18H2,1-12H3/t20-,21?,22-,23+,24-,25-,27+,28-,29+,31-,32+,33?,34+,35-,37-,38-,39-,40-/m1/s1. The number of carbonyl (C=O) groups excluding carboxylic acids is 2. The van der Waals surface area contributed by atoms with Gasteiger partial charge >= 0.3 is 5.97 Å². The third-order valence-electron chi connectivity index (χ3n) is 13.0. The maximum atomic E-state index is 14.2. The van der Waals surface area contributed by atoms with Gasteiger partial charge in [-0.25, -0.2) is 0 Å². The first-order valence-corrected chi connectivity index (χ1v) is 20.6. The molecule has 3 aliphatic heterocycles. The minimum atomic E-state index is -2.02. The van der Waals surface area contributed by atoms with Crippen LogP contribution in [-0.2, 0) is 44.4 Å². The molecule has 0 spiro atoms. The van der Waals surface area contributed by atoms with Gasteiger partial charge in [-0.05, 0) is 67.9 Å². The maximum Gasteiger partial charge on any atom is 0.311 e. The van der Waals surface area contributed by atoms with E-state index in [1.807, 2.05) is 18.9 Å². The predicted octanol–water partition coefficient (Wildman–Crippen LogP) is 0.922. The van der Waals surface area contributed by atoms with Crippen molar-refractivity contribution >= 4 is 19.7 Å². The summed E-state index contributed by atoms with van der Waals surface area (Å²) in [4.78, 5) is 30.1. The highest BCUT2D eigenvalue weighted by molar-refractivity contribution is 6.05. The van der Waals surface area contributed by atoms with Gasteiger partial charge in [-0.15, -0.1) is 5.10 Å². The van der Waals surface area contributed by atoms with Crippen molar-refractivity contribution in [2.24, 2.45) is 23.7 Å². The van der Waals surface area contributed by atoms with E-state index in [1.54, 1.807) is 47.7 Å². The molecule has 58 heavy (non-hydrogen) atoms. The predicted molar refractivity (Wildman–Crippen MR) is 210 cm³/mol. The van der Waals surface area contributed by atoms with E-state index in [0.29, 0.717) is 25.1 Å². The van der Waals surface area contributed by atoms with Crippen molar-refractivity contribution in [2.45, 2.75) is 186 Å². The fourth-order valence-electron chi connectivity index (χ4n) is 9.22. The number of aliphatic hydroxyl groups excluding tert-OH is 3. The van der Waals surface area contributed by atoms with E-state index < -0.39 is 114 Å². The van der Waals surface area contributed by atoms with Gasteiger partial charge in [0.25, 0.3) is 7.98 Å². The van der Waals surface area contributed by atoms with Crippen LogP contribution in [0.25, 0.3) is 0 Å². The van der Waals surface area contributed by atoms with Gasteiger partial charge in [-0.3, -0.25) is 9.59 Å². The molecule has 2 radical (unpaired) electrons. The zero-order valence-corrected chi connectivity index (χ0v) is 36.3. The second kappa shape index (κ2) is 19.3. The van der Waals surface area contributed by atoms with E-state index in [9.17, 15) is 35.1 Å². The normalized spacial score (nSPS) is 45.2. The van der Waals surface area contributed by atoms with E-state index in [-0.39, 0.29) is 25.4 Å². The highest BCUT2D eigenvalue weighted by Gasteiger charge is 2.53. The number of hydrogen-bond acceptors (Lipinski definition) is 16. The highest BCUT2D eigenvalue weighted by atomic mass is 16.7. The third kappa shape index (κ3) is 10.7. The van der Waals surface area contributed by atoms with Gasteiger partial charge in [0.2, 0.25) is 0 Å². The van der Waals surface area contributed by atoms with Gasteiger partial charge in [0, 0.05) is 56.5 Å². The smallest absolute Gasteiger partial charge is 0.311 e. The number of aliphatic hydroxyl groups is 5. The number of methoxy groups -OCH3 is 1. The van der Waals surface area contributed by atoms with Gasteiger partial charge < -0.3 is 63.4 Å². The summed E-state index contributed by atoms with van der Waals surface area (Å²) in [7, 11) is 9.02. The van der Waals surface area contributed by atoms with E-state index in [0.717, 1.165) is 4.59 Å². The van der Waals surface area contributed by atoms with Crippen molar-refractivity contribution in [1.82, 2.24) is 19.8 Å². The van der Waals surface area contributed by atoms with Crippen molar-refractivity contribution in [1.29, 1.82) is 0 Å². The Labute approximate surface area is 344 Å². The zero-order chi connectivity index (χ0) is 43.7. The number of cyclic esters (lactones) is 1. The van der Waals surface area contributed by atoms with E-state index in [2.05, 4.69) is 10.3 Å². The number of Topliss-reactive ketones (excluding diaryl/α,β-unsaturated/α-hetero) is 1. The molecule has 4 heterocycles. The van der Waals surface area contributed by atoms with Gasteiger partial charge in [0.15, 0.2) is 12.6 Å². The lowest BCUT2D eigenvalue weighted by atomic mass is 9.74. The van der Waals surface area contributed by atoms with E-state index in [4.69, 9.17) is 36.4 Å². The number of nitrogens with zero attached hydrogens (tertiary/aromatic N) is 4. The Morgan fingerprint density at radius 3 is 2.22 bits per heavy atom. The lowest BCUT2D eigenvalue weighted by Gasteiger charge is -2.49. The fourth-order valence-corrected chi connectivity index (χ4v) is 9.22. The molecule has 1 aromatic rings. The fraction of sp³-hybridized carbons (Fsp3) is 0.900. The van der Waals surface area contributed by atoms with Gasteiger partial charge in [0.1, 0.15) is 29.7 Å². The molecule has 0 amide bonds. The van der Waals surface area contributed by atoms with Gasteiger partial charge in [0.05, 0.1) is 53.3 Å². The summed E-state index contributed by atoms with van der Waals surface area (Å²) in [6, 6.07) is -0.446. The number of likely N-dealkylation sites (N-methyl/N-ethyl adjacent to an activating group) is 1. The number of hydrogen-bond donors (Lipinski definition) is 5. The van der Waals surface area contributed by atoms with Crippen LogP contribution in [-0.4, -0.2) is 170 Å². The Balaban J connectivity index is 1.77. The molecule has 4 rings (SSSR count). The number of ether oxygens (including phenoxy) is 6. The van der Waals surface area contributed by atoms with Crippen molar-refractivity contribution in [3.8, 4) is 0 Å². The number of esters is 1. The largest absolute Gasteiger partial charge is 0.459 e. The molecule has 0 aliphatic carbocycles. The molecule has 3 fully saturated rings. The molecule has 330 valence electrons. The third-order valence-corrected chi connectivity index (χ3v) is 13.0. The second-order valence-corrected chi connectivity index (χ2v) is 17.9. The minimum absolute atomic E-state index is 0.0708. The van der Waals surface area contributed by atoms with E-state index in [1.165, 1.54) is 27.9 Å². The van der Waals surface area contributed by atoms with Crippen LogP contribution in [0.1, 0.15) is 101 Å². The first-order chi connectivity index (χ1) is 26.9. The topological polar surface area (TPSA) is 225 Å². The van der Waals surface area contributed by atoms with Crippen molar-refractivity contribution < 1.29 is 63.5 Å². The lowest BCUT2D eigenvalue weighted by Crippen LogP contribution is -2.61. The zero-order valence-electron chi connectivity index (χ0n) is 36.3. The molecule has 1 aromatic heterocycles. The summed E-state index contributed by atoms with van der Waals surface area (Å²) < 4.78 is 38.6. The van der Waals surface area contributed by atoms with Crippen LogP contribution >= 0.6 is 0 Å². The number of rotatable bonds is 10. The lowest BCUT2D eigenvalue weighted by molar-refractivity contribution is -0.318. The highest BCUT2D eigenvalue weighted by Crippen LogP contribution is 2.41. The Bertz CT molecular complexity index is 1520. The van der Waals surface area contributed by atoms with Gasteiger partial charge in [-0.1, -0.05) is 32.9 Å². The summed E-state index contributed by atoms with van der Waals surface area (Å²) >= 11 is 0. The average molecular weight is 825 g/mol. The Hall–Kier alpha value is -2.10. The molecular formula is C40H69BN4O13. The molecule has 2 unspecified atom stereocenters. The van der Waals surface area contributed by atoms with Crippen LogP contribution in [0, 0.1) is 23.7 Å². The molecule has 0 aromatic carbocycles. The van der Waals surface area contributed by atoms with Crippen LogP contribution < -0.4 is 0 Å². The molecule has 0 bridgehead atoms. The number of aromatic nitrogens is 3. The van der Waals surface area contributed by atoms with Crippen LogP contribution in [0.2, 0.25) is 0 Å².